The Labute approximate surface area is 253 Å². The average Bonchev–Trinajstić information content (AvgIpc) is 3.40. The molecule has 0 atom stereocenters. The van der Waals surface area contributed by atoms with Crippen molar-refractivity contribution >= 4 is 32.3 Å². The Morgan fingerprint density at radius 3 is 1.45 bits per heavy atom. The Morgan fingerprint density at radius 1 is 0.318 bits per heavy atom. The average molecular weight is 567 g/mol. The molecule has 0 saturated carbocycles. The molecule has 0 aliphatic heterocycles. The molecule has 1 aliphatic carbocycles. The molecule has 0 unspecified atom stereocenters. The molecule has 8 aromatic carbocycles. The summed E-state index contributed by atoms with van der Waals surface area (Å²) in [5, 5.41) is 6.98. The van der Waals surface area contributed by atoms with Gasteiger partial charge in [0, 0.05) is 0 Å². The fourth-order valence-corrected chi connectivity index (χ4v) is 7.24. The van der Waals surface area contributed by atoms with Crippen LogP contribution >= 0.6 is 0 Å². The maximum Gasteiger partial charge on any atom is 0.123 e. The van der Waals surface area contributed by atoms with Gasteiger partial charge in [0.05, 0.1) is 0 Å². The standard InChI is InChI=1S/C42H24F2/c43-30-18-14-26(15-19-30)38-34-8-3-4-9-35(34)39(27-16-20-31(44)21-17-27)42-37-23-22-32(33-10-5-11-36(40(33)37)41(38)42)29-13-12-25-6-1-2-7-28(25)24-29/h1-24H. The van der Waals surface area contributed by atoms with Crippen molar-refractivity contribution in [3.8, 4) is 55.6 Å². The normalized spacial score (nSPS) is 11.9. The highest BCUT2D eigenvalue weighted by Crippen LogP contribution is 2.58. The molecule has 44 heavy (non-hydrogen) atoms. The first-order chi connectivity index (χ1) is 21.7. The molecule has 2 heteroatoms. The van der Waals surface area contributed by atoms with Crippen LogP contribution in [-0.2, 0) is 0 Å². The van der Waals surface area contributed by atoms with E-state index >= 15 is 0 Å². The molecule has 8 aromatic rings. The Balaban J connectivity index is 1.43. The van der Waals surface area contributed by atoms with E-state index in [4.69, 9.17) is 0 Å². The lowest BCUT2D eigenvalue weighted by Crippen LogP contribution is -1.94. The van der Waals surface area contributed by atoms with E-state index in [-0.39, 0.29) is 11.6 Å². The van der Waals surface area contributed by atoms with E-state index in [1.54, 1.807) is 0 Å². The van der Waals surface area contributed by atoms with Crippen LogP contribution in [-0.4, -0.2) is 0 Å². The Kier molecular flexibility index (Phi) is 5.36. The van der Waals surface area contributed by atoms with Crippen LogP contribution in [0.25, 0.3) is 88.0 Å². The summed E-state index contributed by atoms with van der Waals surface area (Å²) < 4.78 is 28.4. The minimum atomic E-state index is -0.261. The van der Waals surface area contributed by atoms with Gasteiger partial charge < -0.3 is 0 Å². The third-order valence-corrected chi connectivity index (χ3v) is 9.12. The second kappa shape index (κ2) is 9.45. The predicted molar refractivity (Wildman–Crippen MR) is 180 cm³/mol. The van der Waals surface area contributed by atoms with Gasteiger partial charge in [-0.25, -0.2) is 8.78 Å². The van der Waals surface area contributed by atoms with E-state index in [0.717, 1.165) is 55.3 Å². The molecule has 0 bridgehead atoms. The first-order valence-electron chi connectivity index (χ1n) is 14.8. The van der Waals surface area contributed by atoms with Crippen molar-refractivity contribution in [3.05, 3.63) is 157 Å². The summed E-state index contributed by atoms with van der Waals surface area (Å²) in [6.07, 6.45) is 0. The number of rotatable bonds is 3. The molecule has 0 aromatic heterocycles. The monoisotopic (exact) mass is 566 g/mol. The molecule has 206 valence electrons. The van der Waals surface area contributed by atoms with Crippen molar-refractivity contribution in [2.45, 2.75) is 0 Å². The van der Waals surface area contributed by atoms with Crippen LogP contribution in [0.3, 0.4) is 0 Å². The third kappa shape index (κ3) is 3.61. The number of benzene rings is 8. The van der Waals surface area contributed by atoms with Gasteiger partial charge in [0.2, 0.25) is 0 Å². The molecule has 0 heterocycles. The number of hydrogen-bond donors (Lipinski definition) is 0. The van der Waals surface area contributed by atoms with E-state index in [1.165, 1.54) is 56.9 Å². The lowest BCUT2D eigenvalue weighted by molar-refractivity contribution is 0.627. The quantitative estimate of drug-likeness (QED) is 0.200. The van der Waals surface area contributed by atoms with Crippen LogP contribution in [0.1, 0.15) is 0 Å². The lowest BCUT2D eigenvalue weighted by atomic mass is 9.82. The van der Waals surface area contributed by atoms with Gasteiger partial charge in [-0.1, -0.05) is 115 Å². The summed E-state index contributed by atoms with van der Waals surface area (Å²) in [5.41, 5.74) is 11.0. The van der Waals surface area contributed by atoms with Crippen molar-refractivity contribution in [2.24, 2.45) is 0 Å². The highest BCUT2D eigenvalue weighted by molar-refractivity contribution is 6.28. The second-order valence-electron chi connectivity index (χ2n) is 11.5. The summed E-state index contributed by atoms with van der Waals surface area (Å²) in [7, 11) is 0. The first kappa shape index (κ1) is 24.9. The maximum atomic E-state index is 14.2. The molecule has 0 spiro atoms. The summed E-state index contributed by atoms with van der Waals surface area (Å²) >= 11 is 0. The Hall–Kier alpha value is -5.60. The first-order valence-corrected chi connectivity index (χ1v) is 14.8. The van der Waals surface area contributed by atoms with Gasteiger partial charge in [-0.3, -0.25) is 0 Å². The molecule has 0 N–H and O–H groups in total. The molecule has 0 nitrogen and oxygen atoms in total. The zero-order chi connectivity index (χ0) is 29.4. The molecule has 9 rings (SSSR count). The molecular weight excluding hydrogens is 542 g/mol. The topological polar surface area (TPSA) is 0 Å². The smallest absolute Gasteiger partial charge is 0.123 e. The predicted octanol–water partition coefficient (Wildman–Crippen LogP) is 12.1. The van der Waals surface area contributed by atoms with E-state index in [0.29, 0.717) is 0 Å². The summed E-state index contributed by atoms with van der Waals surface area (Å²) in [5.74, 6) is -0.522. The molecule has 0 radical (unpaired) electrons. The van der Waals surface area contributed by atoms with E-state index in [2.05, 4.69) is 97.1 Å². The lowest BCUT2D eigenvalue weighted by Gasteiger charge is -2.20. The van der Waals surface area contributed by atoms with Crippen LogP contribution in [0, 0.1) is 11.6 Å². The number of hydrogen-bond acceptors (Lipinski definition) is 0. The van der Waals surface area contributed by atoms with Crippen LogP contribution in [0.5, 0.6) is 0 Å². The van der Waals surface area contributed by atoms with Crippen LogP contribution in [0.4, 0.5) is 8.78 Å². The van der Waals surface area contributed by atoms with Gasteiger partial charge >= 0.3 is 0 Å². The van der Waals surface area contributed by atoms with Crippen molar-refractivity contribution in [2.75, 3.05) is 0 Å². The van der Waals surface area contributed by atoms with E-state index in [9.17, 15) is 8.78 Å². The molecular formula is C42H24F2. The summed E-state index contributed by atoms with van der Waals surface area (Å²) in [6, 6.07) is 48.2. The largest absolute Gasteiger partial charge is 0.207 e. The van der Waals surface area contributed by atoms with E-state index in [1.807, 2.05) is 24.3 Å². The highest BCUT2D eigenvalue weighted by atomic mass is 19.1. The molecule has 0 saturated heterocycles. The van der Waals surface area contributed by atoms with Crippen LogP contribution in [0.2, 0.25) is 0 Å². The van der Waals surface area contributed by atoms with Crippen LogP contribution in [0.15, 0.2) is 146 Å². The third-order valence-electron chi connectivity index (χ3n) is 9.12. The summed E-state index contributed by atoms with van der Waals surface area (Å²) in [6.45, 7) is 0. The van der Waals surface area contributed by atoms with Gasteiger partial charge in [-0.05, 0) is 118 Å². The molecule has 1 aliphatic rings. The van der Waals surface area contributed by atoms with Crippen molar-refractivity contribution in [3.63, 3.8) is 0 Å². The van der Waals surface area contributed by atoms with Gasteiger partial charge in [0.15, 0.2) is 0 Å². The minimum absolute atomic E-state index is 0.261. The fourth-order valence-electron chi connectivity index (χ4n) is 7.24. The maximum absolute atomic E-state index is 14.2. The number of fused-ring (bicyclic) bond motifs is 5. The Bertz CT molecular complexity index is 2340. The molecule has 0 amide bonds. The van der Waals surface area contributed by atoms with Gasteiger partial charge in [-0.15, -0.1) is 0 Å². The van der Waals surface area contributed by atoms with Gasteiger partial charge in [-0.2, -0.15) is 0 Å². The van der Waals surface area contributed by atoms with Crippen LogP contribution < -0.4 is 0 Å². The second-order valence-corrected chi connectivity index (χ2v) is 11.5. The van der Waals surface area contributed by atoms with Crippen molar-refractivity contribution in [1.82, 2.24) is 0 Å². The zero-order valence-electron chi connectivity index (χ0n) is 23.6. The van der Waals surface area contributed by atoms with E-state index < -0.39 is 0 Å². The molecule has 0 fully saturated rings. The zero-order valence-corrected chi connectivity index (χ0v) is 23.6. The number of halogens is 2. The van der Waals surface area contributed by atoms with Crippen molar-refractivity contribution in [1.29, 1.82) is 0 Å². The summed E-state index contributed by atoms with van der Waals surface area (Å²) in [4.78, 5) is 0. The fraction of sp³-hybridized carbons (Fsp3) is 0. The highest BCUT2D eigenvalue weighted by Gasteiger charge is 2.31. The minimum Gasteiger partial charge on any atom is -0.207 e. The van der Waals surface area contributed by atoms with Gasteiger partial charge in [0.25, 0.3) is 0 Å². The Morgan fingerprint density at radius 2 is 0.818 bits per heavy atom. The van der Waals surface area contributed by atoms with Gasteiger partial charge in [0.1, 0.15) is 11.6 Å². The van der Waals surface area contributed by atoms with Crippen molar-refractivity contribution < 1.29 is 8.78 Å². The SMILES string of the molecule is Fc1ccc(-c2c3c(c(-c4ccc(F)cc4)c4ccccc24)-c2ccc(-c4ccc5ccccc5c4)c4cccc-3c24)cc1.